The van der Waals surface area contributed by atoms with E-state index in [2.05, 4.69) is 25.9 Å². The predicted molar refractivity (Wildman–Crippen MR) is 165 cm³/mol. The number of ether oxygens (including phenoxy) is 2. The first-order chi connectivity index (χ1) is 21.8. The highest BCUT2D eigenvalue weighted by Gasteiger charge is 2.24. The lowest BCUT2D eigenvalue weighted by Crippen LogP contribution is -2.38. The van der Waals surface area contributed by atoms with Crippen LogP contribution in [-0.4, -0.2) is 54.3 Å². The number of piperidine rings is 1. The number of imidazole rings is 2. The summed E-state index contributed by atoms with van der Waals surface area (Å²) in [6.07, 6.45) is 5.06. The lowest BCUT2D eigenvalue weighted by molar-refractivity contribution is 0.0697. The van der Waals surface area contributed by atoms with Gasteiger partial charge in [-0.1, -0.05) is 11.6 Å². The molecule has 9 nitrogen and oxygen atoms in total. The van der Waals surface area contributed by atoms with Crippen LogP contribution in [0, 0.1) is 11.6 Å². The van der Waals surface area contributed by atoms with Crippen molar-refractivity contribution < 1.29 is 28.2 Å². The average molecular weight is 636 g/mol. The molecule has 0 unspecified atom stereocenters. The van der Waals surface area contributed by atoms with Crippen molar-refractivity contribution >= 4 is 28.6 Å². The number of fused-ring (bicyclic) bond motifs is 1. The Morgan fingerprint density at radius 2 is 1.87 bits per heavy atom. The highest BCUT2D eigenvalue weighted by molar-refractivity contribution is 6.30. The highest BCUT2D eigenvalue weighted by Crippen LogP contribution is 2.27. The van der Waals surface area contributed by atoms with Crippen LogP contribution in [0.2, 0.25) is 5.02 Å². The van der Waals surface area contributed by atoms with E-state index in [1.165, 1.54) is 18.2 Å². The van der Waals surface area contributed by atoms with Gasteiger partial charge in [0, 0.05) is 36.4 Å². The summed E-state index contributed by atoms with van der Waals surface area (Å²) in [6.45, 7) is 5.29. The van der Waals surface area contributed by atoms with Crippen LogP contribution in [0.25, 0.3) is 11.0 Å². The Bertz CT molecular complexity index is 1830. The van der Waals surface area contributed by atoms with E-state index in [-0.39, 0.29) is 34.6 Å². The number of aryl methyl sites for hydroxylation is 1. The fourth-order valence-electron chi connectivity index (χ4n) is 5.59. The van der Waals surface area contributed by atoms with Gasteiger partial charge in [-0.15, -0.1) is 0 Å². The van der Waals surface area contributed by atoms with Crippen molar-refractivity contribution in [3.8, 4) is 11.5 Å². The molecule has 45 heavy (non-hydrogen) atoms. The van der Waals surface area contributed by atoms with E-state index >= 15 is 0 Å². The first kappa shape index (κ1) is 30.5. The second-order valence-electron chi connectivity index (χ2n) is 11.0. The van der Waals surface area contributed by atoms with Crippen molar-refractivity contribution in [3.63, 3.8) is 0 Å². The minimum atomic E-state index is -0.983. The SMILES string of the molecule is CCn1cncc1Cn1c(CN2CCC(Oc3ccc(F)c(COc4ccc(Cl)cc4F)c3)CC2)nc2ccc(C(=O)O)cc21. The second kappa shape index (κ2) is 13.3. The van der Waals surface area contributed by atoms with Crippen LogP contribution in [-0.2, 0) is 26.2 Å². The van der Waals surface area contributed by atoms with Gasteiger partial charge in [0.05, 0.1) is 41.7 Å². The van der Waals surface area contributed by atoms with Crippen molar-refractivity contribution in [3.05, 3.63) is 106 Å². The first-order valence-electron chi connectivity index (χ1n) is 14.7. The van der Waals surface area contributed by atoms with E-state index < -0.39 is 17.6 Å². The van der Waals surface area contributed by atoms with Crippen molar-refractivity contribution in [1.29, 1.82) is 0 Å². The number of hydrogen-bond donors (Lipinski definition) is 1. The largest absolute Gasteiger partial charge is 0.490 e. The molecule has 3 aromatic carbocycles. The van der Waals surface area contributed by atoms with Gasteiger partial charge in [-0.2, -0.15) is 0 Å². The van der Waals surface area contributed by atoms with Gasteiger partial charge in [-0.25, -0.2) is 23.5 Å². The molecule has 0 bridgehead atoms. The van der Waals surface area contributed by atoms with Crippen LogP contribution in [0.4, 0.5) is 8.78 Å². The van der Waals surface area contributed by atoms with Crippen molar-refractivity contribution in [2.24, 2.45) is 0 Å². The Morgan fingerprint density at radius 1 is 1.04 bits per heavy atom. The van der Waals surface area contributed by atoms with Gasteiger partial charge < -0.3 is 23.7 Å². The fourth-order valence-corrected chi connectivity index (χ4v) is 5.75. The monoisotopic (exact) mass is 635 g/mol. The van der Waals surface area contributed by atoms with E-state index in [9.17, 15) is 18.7 Å². The summed E-state index contributed by atoms with van der Waals surface area (Å²) in [5.41, 5.74) is 2.99. The zero-order valence-corrected chi connectivity index (χ0v) is 25.4. The Kier molecular flexibility index (Phi) is 8.99. The van der Waals surface area contributed by atoms with E-state index in [4.69, 9.17) is 26.1 Å². The Hall–Kier alpha value is -4.48. The molecule has 12 heteroatoms. The molecule has 1 saturated heterocycles. The van der Waals surface area contributed by atoms with Crippen molar-refractivity contribution in [2.75, 3.05) is 13.1 Å². The molecule has 234 valence electrons. The third kappa shape index (κ3) is 6.94. The van der Waals surface area contributed by atoms with E-state index in [1.807, 2.05) is 6.20 Å². The van der Waals surface area contributed by atoms with E-state index in [0.717, 1.165) is 61.1 Å². The number of benzene rings is 3. The fraction of sp³-hybridized carbons (Fsp3) is 0.303. The molecule has 1 aliphatic heterocycles. The molecule has 0 spiro atoms. The van der Waals surface area contributed by atoms with Gasteiger partial charge in [0.25, 0.3) is 0 Å². The minimum Gasteiger partial charge on any atom is -0.490 e. The van der Waals surface area contributed by atoms with E-state index in [1.54, 1.807) is 36.7 Å². The lowest BCUT2D eigenvalue weighted by Gasteiger charge is -2.32. The smallest absolute Gasteiger partial charge is 0.335 e. The molecule has 0 amide bonds. The Balaban J connectivity index is 1.11. The summed E-state index contributed by atoms with van der Waals surface area (Å²) in [7, 11) is 0. The zero-order valence-electron chi connectivity index (χ0n) is 24.6. The number of carboxylic acid groups (broad SMARTS) is 1. The third-order valence-corrected chi connectivity index (χ3v) is 8.27. The average Bonchev–Trinajstić information content (AvgIpc) is 3.62. The maximum atomic E-state index is 14.5. The standard InChI is InChI=1S/C33H32ClF2N5O4/c1-2-40-20-37-16-24(40)17-41-30-14-21(33(42)43)3-7-29(30)38-32(41)18-39-11-9-25(10-12-39)45-26-5-6-27(35)22(13-26)19-44-31-8-4-23(34)15-28(31)36/h3-8,13-16,20,25H,2,9-12,17-19H2,1H3,(H,42,43). The number of aromatic carboxylic acids is 1. The van der Waals surface area contributed by atoms with Gasteiger partial charge >= 0.3 is 5.97 Å². The molecule has 0 radical (unpaired) electrons. The second-order valence-corrected chi connectivity index (χ2v) is 11.4. The molecular weight excluding hydrogens is 604 g/mol. The predicted octanol–water partition coefficient (Wildman–Crippen LogP) is 6.55. The molecule has 1 aliphatic rings. The summed E-state index contributed by atoms with van der Waals surface area (Å²) in [6, 6.07) is 13.6. The van der Waals surface area contributed by atoms with Crippen LogP contribution in [0.5, 0.6) is 11.5 Å². The zero-order chi connectivity index (χ0) is 31.5. The van der Waals surface area contributed by atoms with E-state index in [0.29, 0.717) is 18.8 Å². The molecule has 1 fully saturated rings. The molecule has 0 atom stereocenters. The number of carbonyl (C=O) groups is 1. The minimum absolute atomic E-state index is 0.00987. The van der Waals surface area contributed by atoms with Gasteiger partial charge in [-0.05, 0) is 74.4 Å². The van der Waals surface area contributed by atoms with Crippen LogP contribution >= 0.6 is 11.6 Å². The van der Waals surface area contributed by atoms with Crippen LogP contribution in [0.3, 0.4) is 0 Å². The molecule has 0 saturated carbocycles. The molecule has 6 rings (SSSR count). The highest BCUT2D eigenvalue weighted by atomic mass is 35.5. The number of rotatable bonds is 11. The maximum Gasteiger partial charge on any atom is 0.335 e. The molecule has 1 N–H and O–H groups in total. The van der Waals surface area contributed by atoms with Crippen molar-refractivity contribution in [1.82, 2.24) is 24.0 Å². The molecule has 3 heterocycles. The normalized spacial score (nSPS) is 14.2. The molecular formula is C33H32ClF2N5O4. The Morgan fingerprint density at radius 3 is 2.62 bits per heavy atom. The maximum absolute atomic E-state index is 14.5. The van der Waals surface area contributed by atoms with Crippen molar-refractivity contribution in [2.45, 2.75) is 52.1 Å². The lowest BCUT2D eigenvalue weighted by atomic mass is 10.1. The van der Waals surface area contributed by atoms with Gasteiger partial charge in [0.15, 0.2) is 11.6 Å². The third-order valence-electron chi connectivity index (χ3n) is 8.03. The quantitative estimate of drug-likeness (QED) is 0.176. The summed E-state index contributed by atoms with van der Waals surface area (Å²) < 4.78 is 44.4. The van der Waals surface area contributed by atoms with Crippen LogP contribution < -0.4 is 9.47 Å². The van der Waals surface area contributed by atoms with Crippen LogP contribution in [0.1, 0.15) is 47.2 Å². The number of halogens is 3. The van der Waals surface area contributed by atoms with Gasteiger partial charge in [-0.3, -0.25) is 4.90 Å². The Labute approximate surface area is 263 Å². The number of aromatic nitrogens is 4. The van der Waals surface area contributed by atoms with Gasteiger partial charge in [0.1, 0.15) is 30.1 Å². The summed E-state index contributed by atoms with van der Waals surface area (Å²) in [4.78, 5) is 23.2. The summed E-state index contributed by atoms with van der Waals surface area (Å²) in [5.74, 6) is -0.709. The number of likely N-dealkylation sites (tertiary alicyclic amines) is 1. The van der Waals surface area contributed by atoms with Crippen LogP contribution in [0.15, 0.2) is 67.1 Å². The summed E-state index contributed by atoms with van der Waals surface area (Å²) >= 11 is 5.80. The summed E-state index contributed by atoms with van der Waals surface area (Å²) in [5, 5.41) is 9.84. The van der Waals surface area contributed by atoms with Gasteiger partial charge in [0.2, 0.25) is 0 Å². The topological polar surface area (TPSA) is 94.6 Å². The molecule has 0 aliphatic carbocycles. The molecule has 2 aromatic heterocycles. The number of nitrogens with zero attached hydrogens (tertiary/aromatic N) is 5. The number of carboxylic acids is 1. The number of hydrogen-bond acceptors (Lipinski definition) is 6. The first-order valence-corrected chi connectivity index (χ1v) is 15.1. The molecule has 5 aromatic rings.